The van der Waals surface area contributed by atoms with Gasteiger partial charge < -0.3 is 128 Å². The first-order chi connectivity index (χ1) is 61.7. The molecule has 8 aliphatic heterocycles. The minimum absolute atomic E-state index is 0.0220. The van der Waals surface area contributed by atoms with Gasteiger partial charge in [0, 0.05) is 54.3 Å². The third kappa shape index (κ3) is 19.7. The van der Waals surface area contributed by atoms with Gasteiger partial charge in [0.25, 0.3) is 0 Å². The topological polar surface area (TPSA) is 563 Å². The van der Waals surface area contributed by atoms with Gasteiger partial charge in [-0.1, -0.05) is 100 Å². The predicted octanol–water partition coefficient (Wildman–Crippen LogP) is 3.21. The number of halogens is 2. The van der Waals surface area contributed by atoms with Crippen molar-refractivity contribution in [3.05, 3.63) is 127 Å². The van der Waals surface area contributed by atoms with Gasteiger partial charge in [-0.05, 0) is 189 Å². The highest BCUT2D eigenvalue weighted by molar-refractivity contribution is 7.89. The molecule has 37 nitrogen and oxygen atoms in total. The highest BCUT2D eigenvalue weighted by Gasteiger charge is 2.55. The molecule has 8 heterocycles. The quantitative estimate of drug-likeness (QED) is 0.0311. The van der Waals surface area contributed by atoms with Crippen molar-refractivity contribution < 1.29 is 121 Å². The van der Waals surface area contributed by atoms with Crippen molar-refractivity contribution >= 4 is 80.5 Å². The summed E-state index contributed by atoms with van der Waals surface area (Å²) in [7, 11) is -2.38. The molecule has 21 N–H and O–H groups in total. The molecular formula is C90H116Cl2N12O25S. The normalized spacial score (nSPS) is 31.6. The van der Waals surface area contributed by atoms with E-state index in [9.17, 15) is 64.0 Å². The molecule has 706 valence electrons. The summed E-state index contributed by atoms with van der Waals surface area (Å²) < 4.78 is 68.8. The van der Waals surface area contributed by atoms with Gasteiger partial charge in [-0.15, -0.1) is 0 Å². The maximum Gasteiger partial charge on any atom is 0.248 e. The van der Waals surface area contributed by atoms with Crippen LogP contribution in [-0.4, -0.2) is 235 Å². The molecule has 0 radical (unpaired) electrons. The second-order valence-electron chi connectivity index (χ2n) is 37.1. The maximum absolute atomic E-state index is 16.7. The van der Waals surface area contributed by atoms with Gasteiger partial charge in [0.05, 0.1) is 53.7 Å². The van der Waals surface area contributed by atoms with Gasteiger partial charge in [0.15, 0.2) is 23.9 Å². The second-order valence-corrected chi connectivity index (χ2v) is 40.0. The summed E-state index contributed by atoms with van der Waals surface area (Å²) in [5.41, 5.74) is 8.55. The zero-order valence-corrected chi connectivity index (χ0v) is 75.2. The molecule has 40 heteroatoms. The van der Waals surface area contributed by atoms with Crippen LogP contribution in [0.5, 0.6) is 34.5 Å². The van der Waals surface area contributed by atoms with Crippen molar-refractivity contribution in [2.24, 2.45) is 41.1 Å². The number of aliphatic hydroxyl groups excluding tert-OH is 6. The Hall–Kier alpha value is -9.01. The van der Waals surface area contributed by atoms with Crippen LogP contribution < -0.4 is 68.2 Å². The minimum Gasteiger partial charge on any atom is -0.508 e. The molecule has 5 aliphatic carbocycles. The highest BCUT2D eigenvalue weighted by Crippen LogP contribution is 2.57. The number of phenols is 1. The molecule has 5 aromatic rings. The average Bonchev–Trinajstić information content (AvgIpc) is 1.54. The van der Waals surface area contributed by atoms with E-state index >= 15 is 28.8 Å². The van der Waals surface area contributed by atoms with Gasteiger partial charge in [0.1, 0.15) is 84.0 Å². The fourth-order valence-corrected chi connectivity index (χ4v) is 22.6. The van der Waals surface area contributed by atoms with E-state index in [1.54, 1.807) is 4.90 Å². The third-order valence-electron chi connectivity index (χ3n) is 27.2. The number of unbranched alkanes of at least 4 members (excludes halogenated alkanes) is 5. The Morgan fingerprint density at radius 3 is 1.96 bits per heavy atom. The number of hydrogen-bond acceptors (Lipinski definition) is 28. The number of aliphatic hydroxyl groups is 8. The Morgan fingerprint density at radius 2 is 1.34 bits per heavy atom. The number of fused-ring (bicyclic) bond motifs is 12. The molecule has 0 spiro atoms. The number of nitrogens with zero attached hydrogens (tertiary/aromatic N) is 2. The number of ether oxygens (including phenoxy) is 6. The Morgan fingerprint density at radius 1 is 0.715 bits per heavy atom. The van der Waals surface area contributed by atoms with E-state index < -0.39 is 231 Å². The largest absolute Gasteiger partial charge is 0.508 e. The Labute approximate surface area is 761 Å². The first-order valence-electron chi connectivity index (χ1n) is 44.6. The predicted molar refractivity (Wildman–Crippen MR) is 466 cm³/mol. The zero-order valence-electron chi connectivity index (χ0n) is 72.8. The lowest BCUT2D eigenvalue weighted by molar-refractivity contribution is -0.333. The van der Waals surface area contributed by atoms with Crippen LogP contribution in [0.3, 0.4) is 0 Å². The lowest BCUT2D eigenvalue weighted by Crippen LogP contribution is -2.64. The summed E-state index contributed by atoms with van der Waals surface area (Å²) in [6.45, 7) is 7.68. The standard InChI is InChI=1S/C90H116Cl2N12O25S/c1-7-8-9-10-11-12-22-130(122,123)104-21-13-20-103(39-104)37-52-58(106)34-51-66-50-29-44(14-17-53(50)90(120,121)67(52)66)69-83(115)102-73(87(119)100-71(51)85(117)97-68-47-25-42-24-43(27-47)28-48(68)26-42)75(109)46-16-19-60(55(92)31-46)126-62-33-49-32-61(78(62)129-88-79(77(111)76(110)63(38-105)127-88)128-65-36-89(5,94)80(112)41(4)124-65)125-59-18-15-45(30-54(59)91)74(108)72(101-81(113)56(95-6)23-40(2)3)86(118)96-57(35-64(93)107)82(114)98-70(49)84(116)99-69/h14-19,29-34,40-43,47-48,56-57,63,65,68-77,79-80,88,95,105-106,108-112,120-121H,7-13,20-28,35-39,94H2,1-6H3,(H2,93,107)(H,96,118)(H,97,117)(H,98,114)(H,99,116)(H,100,119)(H,101,113)(H,102,115)/t41?,42?,43?,47?,48?,56?,57?,63?,65?,68?,69?,70?,71-,72?,73?,74?,75?,76?,77?,79?,80?,88?,89-/m0/s1. The van der Waals surface area contributed by atoms with E-state index in [4.69, 9.17) is 63.1 Å². The minimum atomic E-state index is -3.87. The van der Waals surface area contributed by atoms with E-state index in [0.29, 0.717) is 31.1 Å². The fraction of sp³-hybridized carbons (Fsp3) is 0.578. The maximum atomic E-state index is 16.7. The molecule has 16 unspecified atom stereocenters. The number of aromatic hydroxyl groups is 1. The third-order valence-corrected chi connectivity index (χ3v) is 29.6. The number of nitrogens with one attached hydrogen (secondary N) is 8. The van der Waals surface area contributed by atoms with Gasteiger partial charge in [0.2, 0.25) is 75.1 Å². The number of nitrogens with two attached hydrogens (primary N) is 2. The molecule has 18 atom stereocenters. The van der Waals surface area contributed by atoms with Crippen molar-refractivity contribution in [3.8, 4) is 45.6 Å². The Kier molecular flexibility index (Phi) is 28.6. The Bertz CT molecular complexity index is 5260. The van der Waals surface area contributed by atoms with Crippen molar-refractivity contribution in [1.29, 1.82) is 0 Å². The number of likely N-dealkylation sites (N-methyl/N-ethyl adjacent to an activating group) is 1. The van der Waals surface area contributed by atoms with Crippen molar-refractivity contribution in [3.63, 3.8) is 0 Å². The van der Waals surface area contributed by atoms with Crippen molar-refractivity contribution in [1.82, 2.24) is 51.7 Å². The van der Waals surface area contributed by atoms with Crippen molar-refractivity contribution in [2.75, 3.05) is 39.2 Å². The van der Waals surface area contributed by atoms with E-state index in [0.717, 1.165) is 82.1 Å². The molecule has 130 heavy (non-hydrogen) atoms. The lowest BCUT2D eigenvalue weighted by Gasteiger charge is -2.54. The monoisotopic (exact) mass is 1870 g/mol. The molecule has 7 fully saturated rings. The van der Waals surface area contributed by atoms with Crippen LogP contribution in [0.1, 0.15) is 206 Å². The second kappa shape index (κ2) is 38.9. The number of benzene rings is 5. The highest BCUT2D eigenvalue weighted by atomic mass is 35.5. The summed E-state index contributed by atoms with van der Waals surface area (Å²) in [5, 5.41) is 132. The van der Waals surface area contributed by atoms with Gasteiger partial charge in [-0.3, -0.25) is 43.3 Å². The molecular weight excluding hydrogens is 1750 g/mol. The summed E-state index contributed by atoms with van der Waals surface area (Å²) in [6.07, 6.45) is -9.11. The SMILES string of the molecule is CCCCCCCCS(=O)(=O)N1CCCN(Cc2c(O)cc3c4c2C(O)(O)c2ccc(cc2-4)C2NC(=O)C4NC(=O)C(CC(N)=O)NC(=O)C(NC(=O)C(CC(C)C)NC)C(O)c5ccc(c(Cl)c5)Oc5cc4cc(c5OC4OC(CO)C(O)C(O)C4OC4C[C@](C)(N)C(O)C(C)O4)Oc4ccc(cc4Cl)C(O)C(NC2=O)C(=O)N[C@@H]3C(=O)NC2C3CC4CC(C3)CC2C4)C1. The van der Waals surface area contributed by atoms with Gasteiger partial charge in [-0.2, -0.15) is 4.31 Å². The zero-order chi connectivity index (χ0) is 93.2. The van der Waals surface area contributed by atoms with Gasteiger partial charge >= 0.3 is 0 Å². The Balaban J connectivity index is 0.919. The van der Waals surface area contributed by atoms with Crippen LogP contribution in [0, 0.1) is 29.6 Å². The van der Waals surface area contributed by atoms with Gasteiger partial charge in [-0.25, -0.2) is 8.42 Å². The number of carbonyl (C=O) groups excluding carboxylic acids is 8. The molecule has 5 aromatic carbocycles. The average molecular weight is 1870 g/mol. The molecule has 0 aromatic heterocycles. The number of phenolic OH excluding ortho intramolecular Hbond substituents is 1. The summed E-state index contributed by atoms with van der Waals surface area (Å²) >= 11 is 14.5. The first-order valence-corrected chi connectivity index (χ1v) is 46.9. The van der Waals surface area contributed by atoms with Crippen LogP contribution in [0.4, 0.5) is 0 Å². The first kappa shape index (κ1) is 95.6. The van der Waals surface area contributed by atoms with E-state index in [1.807, 2.05) is 13.8 Å². The molecule has 3 saturated heterocycles. The smallest absolute Gasteiger partial charge is 0.248 e. The summed E-state index contributed by atoms with van der Waals surface area (Å²) in [4.78, 5) is 126. The van der Waals surface area contributed by atoms with E-state index in [2.05, 4.69) is 49.5 Å². The van der Waals surface area contributed by atoms with E-state index in [-0.39, 0.29) is 124 Å². The molecule has 15 bridgehead atoms. The van der Waals surface area contributed by atoms with Crippen LogP contribution in [0.25, 0.3) is 11.1 Å². The molecule has 8 amide bonds. The van der Waals surface area contributed by atoms with Crippen LogP contribution >= 0.6 is 23.2 Å². The van der Waals surface area contributed by atoms with Crippen LogP contribution in [0.15, 0.2) is 72.8 Å². The lowest BCUT2D eigenvalue weighted by atomic mass is 9.54. The summed E-state index contributed by atoms with van der Waals surface area (Å²) in [5.74, 6) is -15.3. The van der Waals surface area contributed by atoms with Crippen molar-refractivity contribution in [2.45, 2.75) is 259 Å². The van der Waals surface area contributed by atoms with Crippen LogP contribution in [-0.2, 0) is 74.9 Å². The number of primary amides is 1. The van der Waals surface area contributed by atoms with E-state index in [1.165, 1.54) is 73.7 Å². The molecule has 18 rings (SSSR count). The number of amides is 8. The summed E-state index contributed by atoms with van der Waals surface area (Å²) in [6, 6.07) is -0.221. The fourth-order valence-electron chi connectivity index (χ4n) is 20.6. The van der Waals surface area contributed by atoms with Crippen LogP contribution in [0.2, 0.25) is 10.0 Å². The number of hydrogen-bond donors (Lipinski definition) is 19. The number of carbonyl (C=O) groups is 8. The molecule has 13 aliphatic rings. The number of rotatable bonds is 24. The molecule has 4 saturated carbocycles. The number of sulfonamides is 1.